The van der Waals surface area contributed by atoms with E-state index in [4.69, 9.17) is 0 Å². The van der Waals surface area contributed by atoms with E-state index in [-0.39, 0.29) is 6.54 Å². The van der Waals surface area contributed by atoms with Crippen LogP contribution < -0.4 is 10.0 Å². The highest BCUT2D eigenvalue weighted by atomic mass is 32.2. The number of hydrogen-bond acceptors (Lipinski definition) is 5. The molecule has 0 aliphatic carbocycles. The van der Waals surface area contributed by atoms with E-state index in [0.717, 1.165) is 12.1 Å². The maximum absolute atomic E-state index is 13.4. The number of hydrogen-bond donors (Lipinski definition) is 2. The normalized spacial score (nSPS) is 11.5. The number of benzene rings is 1. The first-order valence-corrected chi connectivity index (χ1v) is 7.01. The van der Waals surface area contributed by atoms with E-state index in [1.54, 1.807) is 0 Å². The molecule has 0 amide bonds. The number of halogens is 1. The SMILES string of the molecule is CCNCCNS(=O)(=O)c1cc([N+](=O)[O-])ccc1F. The molecule has 0 saturated carbocycles. The second-order valence-corrected chi connectivity index (χ2v) is 5.36. The zero-order chi connectivity index (χ0) is 14.5. The second-order valence-electron chi connectivity index (χ2n) is 3.62. The van der Waals surface area contributed by atoms with Crippen LogP contribution in [0.15, 0.2) is 23.1 Å². The molecule has 9 heteroatoms. The van der Waals surface area contributed by atoms with Gasteiger partial charge in [-0.15, -0.1) is 0 Å². The monoisotopic (exact) mass is 291 g/mol. The Balaban J connectivity index is 2.94. The molecule has 106 valence electrons. The average Bonchev–Trinajstić information content (AvgIpc) is 2.34. The minimum Gasteiger partial charge on any atom is -0.316 e. The van der Waals surface area contributed by atoms with Crippen LogP contribution in [0.4, 0.5) is 10.1 Å². The van der Waals surface area contributed by atoms with Crippen LogP contribution in [0.3, 0.4) is 0 Å². The van der Waals surface area contributed by atoms with Crippen molar-refractivity contribution >= 4 is 15.7 Å². The molecular weight excluding hydrogens is 277 g/mol. The number of likely N-dealkylation sites (N-methyl/N-ethyl adjacent to an activating group) is 1. The highest BCUT2D eigenvalue weighted by Crippen LogP contribution is 2.20. The van der Waals surface area contributed by atoms with E-state index in [0.29, 0.717) is 19.2 Å². The Hall–Kier alpha value is -1.58. The molecule has 2 N–H and O–H groups in total. The molecule has 1 aromatic carbocycles. The summed E-state index contributed by atoms with van der Waals surface area (Å²) in [6.07, 6.45) is 0. The van der Waals surface area contributed by atoms with Crippen LogP contribution >= 0.6 is 0 Å². The van der Waals surface area contributed by atoms with E-state index >= 15 is 0 Å². The van der Waals surface area contributed by atoms with Crippen molar-refractivity contribution in [1.29, 1.82) is 0 Å². The van der Waals surface area contributed by atoms with Crippen molar-refractivity contribution in [3.05, 3.63) is 34.1 Å². The molecule has 1 aromatic rings. The summed E-state index contributed by atoms with van der Waals surface area (Å²) in [7, 11) is -4.10. The van der Waals surface area contributed by atoms with Crippen LogP contribution in [0.2, 0.25) is 0 Å². The largest absolute Gasteiger partial charge is 0.316 e. The number of nitro benzene ring substituents is 1. The van der Waals surface area contributed by atoms with Crippen LogP contribution in [0.1, 0.15) is 6.92 Å². The zero-order valence-corrected chi connectivity index (χ0v) is 11.0. The highest BCUT2D eigenvalue weighted by Gasteiger charge is 2.22. The maximum atomic E-state index is 13.4. The predicted octanol–water partition coefficient (Wildman–Crippen LogP) is 0.622. The molecule has 19 heavy (non-hydrogen) atoms. The van der Waals surface area contributed by atoms with Gasteiger partial charge in [0.05, 0.1) is 4.92 Å². The van der Waals surface area contributed by atoms with Gasteiger partial charge in [0.25, 0.3) is 5.69 Å². The minimum atomic E-state index is -4.10. The molecule has 1 rings (SSSR count). The summed E-state index contributed by atoms with van der Waals surface area (Å²) in [5.41, 5.74) is -0.478. The first kappa shape index (κ1) is 15.5. The number of rotatable bonds is 7. The Morgan fingerprint density at radius 1 is 1.37 bits per heavy atom. The molecule has 0 radical (unpaired) electrons. The molecule has 0 atom stereocenters. The van der Waals surface area contributed by atoms with Gasteiger partial charge in [0.15, 0.2) is 0 Å². The van der Waals surface area contributed by atoms with E-state index in [1.165, 1.54) is 0 Å². The topological polar surface area (TPSA) is 101 Å². The van der Waals surface area contributed by atoms with Crippen molar-refractivity contribution in [3.63, 3.8) is 0 Å². The fourth-order valence-corrected chi connectivity index (χ4v) is 2.47. The van der Waals surface area contributed by atoms with Gasteiger partial charge in [-0.3, -0.25) is 10.1 Å². The molecule has 7 nitrogen and oxygen atoms in total. The van der Waals surface area contributed by atoms with E-state index in [9.17, 15) is 22.9 Å². The number of nitro groups is 1. The molecular formula is C10H14FN3O4S. The summed E-state index contributed by atoms with van der Waals surface area (Å²) in [5, 5.41) is 13.4. The van der Waals surface area contributed by atoms with Gasteiger partial charge in [0, 0.05) is 25.2 Å². The molecule has 0 spiro atoms. The van der Waals surface area contributed by atoms with Crippen molar-refractivity contribution in [2.24, 2.45) is 0 Å². The number of sulfonamides is 1. The predicted molar refractivity (Wildman–Crippen MR) is 66.8 cm³/mol. The third-order valence-electron chi connectivity index (χ3n) is 2.26. The van der Waals surface area contributed by atoms with E-state index in [2.05, 4.69) is 10.0 Å². The number of non-ortho nitro benzene ring substituents is 1. The van der Waals surface area contributed by atoms with Gasteiger partial charge in [-0.2, -0.15) is 0 Å². The lowest BCUT2D eigenvalue weighted by molar-refractivity contribution is -0.385. The molecule has 0 aliphatic heterocycles. The number of nitrogens with one attached hydrogen (secondary N) is 2. The molecule has 0 bridgehead atoms. The van der Waals surface area contributed by atoms with Gasteiger partial charge in [-0.1, -0.05) is 6.92 Å². The van der Waals surface area contributed by atoms with Gasteiger partial charge in [-0.05, 0) is 12.6 Å². The standard InChI is InChI=1S/C10H14FN3O4S/c1-2-12-5-6-13-19(17,18)10-7-8(14(15)16)3-4-9(10)11/h3-4,7,12-13H,2,5-6H2,1H3. The molecule has 0 unspecified atom stereocenters. The summed E-state index contributed by atoms with van der Waals surface area (Å²) >= 11 is 0. The van der Waals surface area contributed by atoms with Gasteiger partial charge < -0.3 is 5.32 Å². The maximum Gasteiger partial charge on any atom is 0.270 e. The molecule has 0 fully saturated rings. The highest BCUT2D eigenvalue weighted by molar-refractivity contribution is 7.89. The number of nitrogens with zero attached hydrogens (tertiary/aromatic N) is 1. The van der Waals surface area contributed by atoms with Crippen molar-refractivity contribution in [2.75, 3.05) is 19.6 Å². The summed E-state index contributed by atoms with van der Waals surface area (Å²) in [4.78, 5) is 9.04. The van der Waals surface area contributed by atoms with E-state index < -0.39 is 31.3 Å². The van der Waals surface area contributed by atoms with Crippen LogP contribution in [0.25, 0.3) is 0 Å². The van der Waals surface area contributed by atoms with Gasteiger partial charge in [-0.25, -0.2) is 17.5 Å². The second kappa shape index (κ2) is 6.55. The molecule has 0 heterocycles. The average molecular weight is 291 g/mol. The van der Waals surface area contributed by atoms with Crippen molar-refractivity contribution in [2.45, 2.75) is 11.8 Å². The lowest BCUT2D eigenvalue weighted by Crippen LogP contribution is -2.32. The molecule has 0 saturated heterocycles. The fourth-order valence-electron chi connectivity index (χ4n) is 1.34. The third kappa shape index (κ3) is 4.23. The fraction of sp³-hybridized carbons (Fsp3) is 0.400. The summed E-state index contributed by atoms with van der Waals surface area (Å²) in [6, 6.07) is 2.37. The van der Waals surface area contributed by atoms with Crippen LogP contribution in [0, 0.1) is 15.9 Å². The quantitative estimate of drug-likeness (QED) is 0.435. The Morgan fingerprint density at radius 3 is 2.63 bits per heavy atom. The molecule has 0 aromatic heterocycles. The smallest absolute Gasteiger partial charge is 0.270 e. The van der Waals surface area contributed by atoms with Gasteiger partial charge in [0.1, 0.15) is 10.7 Å². The van der Waals surface area contributed by atoms with Crippen molar-refractivity contribution in [3.8, 4) is 0 Å². The zero-order valence-electron chi connectivity index (χ0n) is 10.2. The first-order valence-electron chi connectivity index (χ1n) is 5.53. The van der Waals surface area contributed by atoms with Crippen LogP contribution in [-0.4, -0.2) is 33.0 Å². The van der Waals surface area contributed by atoms with Crippen LogP contribution in [0.5, 0.6) is 0 Å². The van der Waals surface area contributed by atoms with Gasteiger partial charge >= 0.3 is 0 Å². The lowest BCUT2D eigenvalue weighted by Gasteiger charge is -2.07. The summed E-state index contributed by atoms with van der Waals surface area (Å²) in [6.45, 7) is 2.98. The molecule has 0 aliphatic rings. The van der Waals surface area contributed by atoms with Crippen molar-refractivity contribution < 1.29 is 17.7 Å². The Kier molecular flexibility index (Phi) is 5.33. The Bertz CT molecular complexity index is 562. The van der Waals surface area contributed by atoms with E-state index in [1.807, 2.05) is 6.92 Å². The van der Waals surface area contributed by atoms with Crippen molar-refractivity contribution in [1.82, 2.24) is 10.0 Å². The lowest BCUT2D eigenvalue weighted by atomic mass is 10.3. The van der Waals surface area contributed by atoms with Gasteiger partial charge in [0.2, 0.25) is 10.0 Å². The third-order valence-corrected chi connectivity index (χ3v) is 3.74. The van der Waals surface area contributed by atoms with Crippen LogP contribution in [-0.2, 0) is 10.0 Å². The Morgan fingerprint density at radius 2 is 2.05 bits per heavy atom. The minimum absolute atomic E-state index is 0.0678. The summed E-state index contributed by atoms with van der Waals surface area (Å²) < 4.78 is 39.2. The summed E-state index contributed by atoms with van der Waals surface area (Å²) in [5.74, 6) is -1.03. The Labute approximate surface area is 110 Å². The first-order chi connectivity index (χ1) is 8.88.